The summed E-state index contributed by atoms with van der Waals surface area (Å²) in [6.07, 6.45) is 9.28. The first-order valence-electron chi connectivity index (χ1n) is 7.83. The van der Waals surface area contributed by atoms with Gasteiger partial charge in [-0.15, -0.1) is 0 Å². The third kappa shape index (κ3) is 2.94. The van der Waals surface area contributed by atoms with Gasteiger partial charge in [-0.2, -0.15) is 0 Å². The van der Waals surface area contributed by atoms with E-state index < -0.39 is 0 Å². The van der Waals surface area contributed by atoms with Crippen LogP contribution in [0.5, 0.6) is 0 Å². The maximum absolute atomic E-state index is 12.4. The van der Waals surface area contributed by atoms with E-state index in [1.807, 2.05) is 12.1 Å². The molecule has 4 nitrogen and oxygen atoms in total. The number of nitrogens with zero attached hydrogens (tertiary/aromatic N) is 2. The fourth-order valence-electron chi connectivity index (χ4n) is 2.96. The molecule has 108 valence electrons. The van der Waals surface area contributed by atoms with Gasteiger partial charge in [0.05, 0.1) is 5.56 Å². The molecule has 1 saturated heterocycles. The molecule has 2 heterocycles. The Hall–Kier alpha value is -1.58. The van der Waals surface area contributed by atoms with E-state index in [2.05, 4.69) is 15.2 Å². The van der Waals surface area contributed by atoms with Crippen LogP contribution in [0.15, 0.2) is 18.3 Å². The largest absolute Gasteiger partial charge is 0.356 e. The summed E-state index contributed by atoms with van der Waals surface area (Å²) in [5, 5.41) is 3.07. The topological polar surface area (TPSA) is 45.2 Å². The number of nitrogens with one attached hydrogen (secondary N) is 1. The summed E-state index contributed by atoms with van der Waals surface area (Å²) in [6, 6.07) is 3.75. The molecule has 0 atom stereocenters. The molecule has 1 N–H and O–H groups in total. The van der Waals surface area contributed by atoms with E-state index in [-0.39, 0.29) is 5.91 Å². The molecule has 0 aromatic carbocycles. The normalized spacial score (nSPS) is 19.5. The minimum absolute atomic E-state index is 0.0329. The third-order valence-corrected chi connectivity index (χ3v) is 4.46. The fourth-order valence-corrected chi connectivity index (χ4v) is 2.96. The molecule has 20 heavy (non-hydrogen) atoms. The van der Waals surface area contributed by atoms with E-state index in [4.69, 9.17) is 0 Å². The van der Waals surface area contributed by atoms with Gasteiger partial charge in [0.15, 0.2) is 0 Å². The standard InChI is InChI=1S/C16H23N3O/c20-16(18-12-13-6-4-7-13)14-8-5-9-17-15(14)19-10-2-1-3-11-19/h5,8-9,13H,1-4,6-7,10-12H2,(H,18,20). The lowest BCUT2D eigenvalue weighted by Crippen LogP contribution is -2.35. The number of amides is 1. The molecule has 2 aliphatic rings. The van der Waals surface area contributed by atoms with E-state index in [1.165, 1.54) is 38.5 Å². The number of anilines is 1. The van der Waals surface area contributed by atoms with Crippen molar-refractivity contribution in [3.63, 3.8) is 0 Å². The molecule has 4 heteroatoms. The van der Waals surface area contributed by atoms with Crippen molar-refractivity contribution in [1.82, 2.24) is 10.3 Å². The van der Waals surface area contributed by atoms with Crippen LogP contribution in [0.3, 0.4) is 0 Å². The second-order valence-corrected chi connectivity index (χ2v) is 5.93. The van der Waals surface area contributed by atoms with Crippen LogP contribution in [0.2, 0.25) is 0 Å². The number of aromatic nitrogens is 1. The van der Waals surface area contributed by atoms with E-state index in [0.29, 0.717) is 5.92 Å². The summed E-state index contributed by atoms with van der Waals surface area (Å²) in [4.78, 5) is 19.1. The Labute approximate surface area is 120 Å². The molecule has 0 spiro atoms. The average molecular weight is 273 g/mol. The second kappa shape index (κ2) is 6.25. The summed E-state index contributed by atoms with van der Waals surface area (Å²) < 4.78 is 0. The minimum atomic E-state index is 0.0329. The number of rotatable bonds is 4. The van der Waals surface area contributed by atoms with Crippen LogP contribution in [0.25, 0.3) is 0 Å². The van der Waals surface area contributed by atoms with Crippen LogP contribution in [-0.2, 0) is 0 Å². The Morgan fingerprint density at radius 2 is 2.05 bits per heavy atom. The summed E-state index contributed by atoms with van der Waals surface area (Å²) in [5.41, 5.74) is 0.730. The van der Waals surface area contributed by atoms with Gasteiger partial charge in [-0.05, 0) is 50.2 Å². The molecule has 1 aliphatic heterocycles. The van der Waals surface area contributed by atoms with Crippen molar-refractivity contribution >= 4 is 11.7 Å². The summed E-state index contributed by atoms with van der Waals surface area (Å²) >= 11 is 0. The zero-order valence-electron chi connectivity index (χ0n) is 12.0. The lowest BCUT2D eigenvalue weighted by molar-refractivity contribution is 0.0939. The van der Waals surface area contributed by atoms with Crippen molar-refractivity contribution < 1.29 is 4.79 Å². The van der Waals surface area contributed by atoms with E-state index in [1.54, 1.807) is 6.20 Å². The Morgan fingerprint density at radius 1 is 1.25 bits per heavy atom. The van der Waals surface area contributed by atoms with E-state index >= 15 is 0 Å². The monoisotopic (exact) mass is 273 g/mol. The number of hydrogen-bond acceptors (Lipinski definition) is 3. The van der Waals surface area contributed by atoms with Gasteiger partial charge >= 0.3 is 0 Å². The Kier molecular flexibility index (Phi) is 4.19. The Morgan fingerprint density at radius 3 is 2.75 bits per heavy atom. The third-order valence-electron chi connectivity index (χ3n) is 4.46. The van der Waals surface area contributed by atoms with Crippen LogP contribution in [0.4, 0.5) is 5.82 Å². The van der Waals surface area contributed by atoms with E-state index in [9.17, 15) is 4.79 Å². The van der Waals surface area contributed by atoms with Gasteiger partial charge in [-0.3, -0.25) is 4.79 Å². The van der Waals surface area contributed by atoms with Crippen LogP contribution < -0.4 is 10.2 Å². The van der Waals surface area contributed by atoms with Gasteiger partial charge in [-0.1, -0.05) is 6.42 Å². The highest BCUT2D eigenvalue weighted by molar-refractivity contribution is 5.98. The Bertz CT molecular complexity index is 465. The van der Waals surface area contributed by atoms with Gasteiger partial charge in [0, 0.05) is 25.8 Å². The molecule has 0 radical (unpaired) electrons. The van der Waals surface area contributed by atoms with Crippen molar-refractivity contribution in [3.8, 4) is 0 Å². The van der Waals surface area contributed by atoms with Gasteiger partial charge < -0.3 is 10.2 Å². The van der Waals surface area contributed by atoms with Crippen molar-refractivity contribution in [3.05, 3.63) is 23.9 Å². The highest BCUT2D eigenvalue weighted by Gasteiger charge is 2.22. The first kappa shape index (κ1) is 13.4. The number of pyridine rings is 1. The second-order valence-electron chi connectivity index (χ2n) is 5.93. The first-order valence-corrected chi connectivity index (χ1v) is 7.83. The van der Waals surface area contributed by atoms with Crippen molar-refractivity contribution in [2.45, 2.75) is 38.5 Å². The molecule has 1 aromatic rings. The van der Waals surface area contributed by atoms with Crippen LogP contribution in [0, 0.1) is 5.92 Å². The summed E-state index contributed by atoms with van der Waals surface area (Å²) in [6.45, 7) is 2.84. The number of piperidine rings is 1. The average Bonchev–Trinajstić information content (AvgIpc) is 2.46. The highest BCUT2D eigenvalue weighted by Crippen LogP contribution is 2.26. The highest BCUT2D eigenvalue weighted by atomic mass is 16.1. The smallest absolute Gasteiger partial charge is 0.255 e. The molecular weight excluding hydrogens is 250 g/mol. The number of carbonyl (C=O) groups is 1. The molecule has 0 bridgehead atoms. The lowest BCUT2D eigenvalue weighted by atomic mass is 9.85. The zero-order chi connectivity index (χ0) is 13.8. The lowest BCUT2D eigenvalue weighted by Gasteiger charge is -2.29. The van der Waals surface area contributed by atoms with Crippen LogP contribution in [0.1, 0.15) is 48.9 Å². The quantitative estimate of drug-likeness (QED) is 0.917. The maximum atomic E-state index is 12.4. The fraction of sp³-hybridized carbons (Fsp3) is 0.625. The predicted molar refractivity (Wildman–Crippen MR) is 80.0 cm³/mol. The minimum Gasteiger partial charge on any atom is -0.356 e. The predicted octanol–water partition coefficient (Wildman–Crippen LogP) is 2.60. The maximum Gasteiger partial charge on any atom is 0.255 e. The van der Waals surface area contributed by atoms with Gasteiger partial charge in [0.1, 0.15) is 5.82 Å². The first-order chi connectivity index (χ1) is 9.84. The Balaban J connectivity index is 1.69. The molecule has 1 aliphatic carbocycles. The zero-order valence-corrected chi connectivity index (χ0v) is 12.0. The molecule has 1 amide bonds. The summed E-state index contributed by atoms with van der Waals surface area (Å²) in [5.74, 6) is 1.58. The van der Waals surface area contributed by atoms with Crippen molar-refractivity contribution in [1.29, 1.82) is 0 Å². The van der Waals surface area contributed by atoms with Gasteiger partial charge in [-0.25, -0.2) is 4.98 Å². The van der Waals surface area contributed by atoms with E-state index in [0.717, 1.165) is 31.0 Å². The van der Waals surface area contributed by atoms with Crippen LogP contribution >= 0.6 is 0 Å². The summed E-state index contributed by atoms with van der Waals surface area (Å²) in [7, 11) is 0. The molecule has 1 aromatic heterocycles. The van der Waals surface area contributed by atoms with Crippen LogP contribution in [-0.4, -0.2) is 30.5 Å². The molecule has 1 saturated carbocycles. The molecule has 0 unspecified atom stereocenters. The molecular formula is C16H23N3O. The molecule has 2 fully saturated rings. The van der Waals surface area contributed by atoms with Gasteiger partial charge in [0.2, 0.25) is 0 Å². The van der Waals surface area contributed by atoms with Crippen molar-refractivity contribution in [2.75, 3.05) is 24.5 Å². The number of hydrogen-bond donors (Lipinski definition) is 1. The van der Waals surface area contributed by atoms with Crippen molar-refractivity contribution in [2.24, 2.45) is 5.92 Å². The number of carbonyl (C=O) groups excluding carboxylic acids is 1. The van der Waals surface area contributed by atoms with Gasteiger partial charge in [0.25, 0.3) is 5.91 Å². The SMILES string of the molecule is O=C(NCC1CCC1)c1cccnc1N1CCCCC1. The molecule has 3 rings (SSSR count).